The number of hydrazone groups is 1. The number of aryl methyl sites for hydroxylation is 2. The van der Waals surface area contributed by atoms with E-state index in [9.17, 15) is 4.79 Å². The van der Waals surface area contributed by atoms with Gasteiger partial charge in [-0.1, -0.05) is 43.3 Å². The fourth-order valence-corrected chi connectivity index (χ4v) is 3.18. The summed E-state index contributed by atoms with van der Waals surface area (Å²) >= 11 is 0. The number of hydrogen-bond donors (Lipinski definition) is 1. The van der Waals surface area contributed by atoms with E-state index in [1.807, 2.05) is 31.2 Å². The fraction of sp³-hybridized carbons (Fsp3) is 0.238. The molecule has 4 heteroatoms. The summed E-state index contributed by atoms with van der Waals surface area (Å²) in [5, 5.41) is 5.36. The van der Waals surface area contributed by atoms with Gasteiger partial charge in [0.1, 0.15) is 0 Å². The normalized spacial score (nSPS) is 11.3. The lowest BCUT2D eigenvalue weighted by Crippen LogP contribution is -2.18. The van der Waals surface area contributed by atoms with Crippen LogP contribution in [0.3, 0.4) is 0 Å². The minimum Gasteiger partial charge on any atom is -0.344 e. The fourth-order valence-electron chi connectivity index (χ4n) is 3.18. The third-order valence-electron chi connectivity index (χ3n) is 4.48. The molecule has 0 aliphatic carbocycles. The SMILES string of the molecule is CCCn1c(C)c(/C=N/NC(=O)c2ccccc2C)c2ccccc21. The van der Waals surface area contributed by atoms with Gasteiger partial charge in [0.25, 0.3) is 5.91 Å². The first-order valence-corrected chi connectivity index (χ1v) is 8.60. The summed E-state index contributed by atoms with van der Waals surface area (Å²) in [5.74, 6) is -0.190. The molecule has 1 aromatic heterocycles. The zero-order valence-electron chi connectivity index (χ0n) is 14.9. The Bertz CT molecular complexity index is 937. The molecule has 3 aromatic rings. The Kier molecular flexibility index (Phi) is 4.98. The highest BCUT2D eigenvalue weighted by molar-refractivity contribution is 6.02. The Labute approximate surface area is 148 Å². The van der Waals surface area contributed by atoms with Crippen LogP contribution in [0.2, 0.25) is 0 Å². The van der Waals surface area contributed by atoms with Gasteiger partial charge in [-0.3, -0.25) is 4.79 Å². The van der Waals surface area contributed by atoms with Crippen LogP contribution in [0.5, 0.6) is 0 Å². The molecule has 1 heterocycles. The molecule has 2 aromatic carbocycles. The van der Waals surface area contributed by atoms with Crippen molar-refractivity contribution in [2.24, 2.45) is 5.10 Å². The molecule has 3 rings (SSSR count). The highest BCUT2D eigenvalue weighted by Crippen LogP contribution is 2.24. The van der Waals surface area contributed by atoms with Crippen molar-refractivity contribution in [1.82, 2.24) is 9.99 Å². The molecule has 0 saturated carbocycles. The predicted molar refractivity (Wildman–Crippen MR) is 103 cm³/mol. The summed E-state index contributed by atoms with van der Waals surface area (Å²) in [6, 6.07) is 15.8. The molecule has 128 valence electrons. The summed E-state index contributed by atoms with van der Waals surface area (Å²) in [5.41, 5.74) is 7.64. The van der Waals surface area contributed by atoms with Gasteiger partial charge in [0.2, 0.25) is 0 Å². The van der Waals surface area contributed by atoms with Gasteiger partial charge >= 0.3 is 0 Å². The van der Waals surface area contributed by atoms with Crippen LogP contribution in [0.25, 0.3) is 10.9 Å². The van der Waals surface area contributed by atoms with E-state index in [0.717, 1.165) is 35.2 Å². The lowest BCUT2D eigenvalue weighted by Gasteiger charge is -2.05. The lowest BCUT2D eigenvalue weighted by atomic mass is 10.1. The van der Waals surface area contributed by atoms with Crippen LogP contribution in [-0.4, -0.2) is 16.7 Å². The van der Waals surface area contributed by atoms with E-state index in [0.29, 0.717) is 5.56 Å². The average Bonchev–Trinajstić information content (AvgIpc) is 2.88. The van der Waals surface area contributed by atoms with Crippen molar-refractivity contribution in [3.63, 3.8) is 0 Å². The number of rotatable bonds is 5. The Morgan fingerprint density at radius 2 is 1.84 bits per heavy atom. The van der Waals surface area contributed by atoms with Crippen LogP contribution in [0, 0.1) is 13.8 Å². The molecule has 0 saturated heterocycles. The van der Waals surface area contributed by atoms with E-state index in [-0.39, 0.29) is 5.91 Å². The van der Waals surface area contributed by atoms with E-state index >= 15 is 0 Å². The number of amides is 1. The van der Waals surface area contributed by atoms with Crippen molar-refractivity contribution in [2.45, 2.75) is 33.7 Å². The highest BCUT2D eigenvalue weighted by atomic mass is 16.2. The third-order valence-corrected chi connectivity index (χ3v) is 4.48. The number of fused-ring (bicyclic) bond motifs is 1. The first kappa shape index (κ1) is 17.0. The third kappa shape index (κ3) is 3.33. The Morgan fingerprint density at radius 3 is 2.60 bits per heavy atom. The number of benzene rings is 2. The zero-order chi connectivity index (χ0) is 17.8. The quantitative estimate of drug-likeness (QED) is 0.545. The Balaban J connectivity index is 1.88. The molecule has 0 spiro atoms. The topological polar surface area (TPSA) is 46.4 Å². The summed E-state index contributed by atoms with van der Waals surface area (Å²) < 4.78 is 2.31. The number of nitrogens with one attached hydrogen (secondary N) is 1. The number of nitrogens with zero attached hydrogens (tertiary/aromatic N) is 2. The molecule has 0 bridgehead atoms. The van der Waals surface area contributed by atoms with Crippen molar-refractivity contribution in [1.29, 1.82) is 0 Å². The maximum Gasteiger partial charge on any atom is 0.271 e. The number of carbonyl (C=O) groups is 1. The summed E-state index contributed by atoms with van der Waals surface area (Å²) in [4.78, 5) is 12.3. The molecular weight excluding hydrogens is 310 g/mol. The molecule has 0 unspecified atom stereocenters. The van der Waals surface area contributed by atoms with E-state index in [4.69, 9.17) is 0 Å². The molecule has 0 fully saturated rings. The van der Waals surface area contributed by atoms with E-state index in [1.165, 1.54) is 5.52 Å². The molecule has 0 aliphatic heterocycles. The van der Waals surface area contributed by atoms with E-state index < -0.39 is 0 Å². The number of para-hydroxylation sites is 1. The molecule has 0 aliphatic rings. The van der Waals surface area contributed by atoms with E-state index in [2.05, 4.69) is 47.1 Å². The van der Waals surface area contributed by atoms with Gasteiger partial charge in [0.15, 0.2) is 0 Å². The summed E-state index contributed by atoms with van der Waals surface area (Å²) in [6.45, 7) is 7.15. The van der Waals surface area contributed by atoms with Crippen molar-refractivity contribution < 1.29 is 4.79 Å². The largest absolute Gasteiger partial charge is 0.344 e. The second kappa shape index (κ2) is 7.34. The summed E-state index contributed by atoms with van der Waals surface area (Å²) in [7, 11) is 0. The molecule has 4 nitrogen and oxygen atoms in total. The lowest BCUT2D eigenvalue weighted by molar-refractivity contribution is 0.0954. The second-order valence-electron chi connectivity index (χ2n) is 6.18. The molecule has 1 amide bonds. The van der Waals surface area contributed by atoms with Gasteiger partial charge in [0.05, 0.1) is 6.21 Å². The Hall–Kier alpha value is -2.88. The molecule has 25 heavy (non-hydrogen) atoms. The van der Waals surface area contributed by atoms with Gasteiger partial charge in [-0.2, -0.15) is 5.10 Å². The van der Waals surface area contributed by atoms with Crippen LogP contribution < -0.4 is 5.43 Å². The Morgan fingerprint density at radius 1 is 1.12 bits per heavy atom. The van der Waals surface area contributed by atoms with Crippen molar-refractivity contribution in [3.8, 4) is 0 Å². The van der Waals surface area contributed by atoms with Gasteiger partial charge in [0, 0.05) is 34.3 Å². The average molecular weight is 333 g/mol. The van der Waals surface area contributed by atoms with E-state index in [1.54, 1.807) is 12.3 Å². The molecular formula is C21H23N3O. The van der Waals surface area contributed by atoms with Crippen molar-refractivity contribution in [2.75, 3.05) is 0 Å². The molecule has 0 radical (unpaired) electrons. The second-order valence-corrected chi connectivity index (χ2v) is 6.18. The van der Waals surface area contributed by atoms with Gasteiger partial charge < -0.3 is 4.57 Å². The van der Waals surface area contributed by atoms with Gasteiger partial charge in [-0.25, -0.2) is 5.43 Å². The smallest absolute Gasteiger partial charge is 0.271 e. The predicted octanol–water partition coefficient (Wildman–Crippen LogP) is 4.43. The zero-order valence-corrected chi connectivity index (χ0v) is 14.9. The van der Waals surface area contributed by atoms with Gasteiger partial charge in [-0.15, -0.1) is 0 Å². The highest BCUT2D eigenvalue weighted by Gasteiger charge is 2.12. The minimum absolute atomic E-state index is 0.190. The van der Waals surface area contributed by atoms with Gasteiger partial charge in [-0.05, 0) is 38.0 Å². The monoisotopic (exact) mass is 333 g/mol. The van der Waals surface area contributed by atoms with Crippen molar-refractivity contribution >= 4 is 23.0 Å². The van der Waals surface area contributed by atoms with Crippen molar-refractivity contribution in [3.05, 3.63) is 70.9 Å². The number of carbonyl (C=O) groups excluding carboxylic acids is 1. The molecule has 1 N–H and O–H groups in total. The number of aromatic nitrogens is 1. The standard InChI is InChI=1S/C21H23N3O/c1-4-13-24-16(3)19(18-11-7-8-12-20(18)24)14-22-23-21(25)17-10-6-5-9-15(17)2/h5-12,14H,4,13H2,1-3H3,(H,23,25)/b22-14+. The van der Waals surface area contributed by atoms with Crippen LogP contribution in [-0.2, 0) is 6.54 Å². The maximum absolute atomic E-state index is 12.3. The maximum atomic E-state index is 12.3. The number of hydrogen-bond acceptors (Lipinski definition) is 2. The summed E-state index contributed by atoms with van der Waals surface area (Å²) in [6.07, 6.45) is 2.82. The van der Waals surface area contributed by atoms with Crippen LogP contribution in [0.4, 0.5) is 0 Å². The minimum atomic E-state index is -0.190. The van der Waals surface area contributed by atoms with Crippen LogP contribution >= 0.6 is 0 Å². The van der Waals surface area contributed by atoms with Crippen LogP contribution in [0.1, 0.15) is 40.5 Å². The van der Waals surface area contributed by atoms with Crippen LogP contribution in [0.15, 0.2) is 53.6 Å². The first-order chi connectivity index (χ1) is 12.1. The molecule has 0 atom stereocenters. The first-order valence-electron chi connectivity index (χ1n) is 8.60.